The van der Waals surface area contributed by atoms with Crippen LogP contribution < -0.4 is 5.32 Å². The van der Waals surface area contributed by atoms with Gasteiger partial charge in [-0.2, -0.15) is 0 Å². The fraction of sp³-hybridized carbons (Fsp3) is 0.500. The van der Waals surface area contributed by atoms with Gasteiger partial charge in [-0.25, -0.2) is 9.78 Å². The lowest BCUT2D eigenvalue weighted by Crippen LogP contribution is -2.39. The largest absolute Gasteiger partial charge is 0.479 e. The van der Waals surface area contributed by atoms with Crippen molar-refractivity contribution >= 4 is 23.5 Å². The fourth-order valence-corrected chi connectivity index (χ4v) is 4.53. The minimum atomic E-state index is -1.27. The summed E-state index contributed by atoms with van der Waals surface area (Å²) >= 11 is 6.10. The number of aliphatic carboxylic acids is 1. The zero-order valence-electron chi connectivity index (χ0n) is 20.3. The number of hydrogen-bond acceptors (Lipinski definition) is 5. The molecular weight excluding hydrogens is 456 g/mol. The highest BCUT2D eigenvalue weighted by Gasteiger charge is 2.34. The summed E-state index contributed by atoms with van der Waals surface area (Å²) < 4.78 is 5.95. The van der Waals surface area contributed by atoms with E-state index in [1.165, 1.54) is 0 Å². The summed E-state index contributed by atoms with van der Waals surface area (Å²) in [5, 5.41) is 23.4. The van der Waals surface area contributed by atoms with Gasteiger partial charge in [-0.3, -0.25) is 4.79 Å². The van der Waals surface area contributed by atoms with E-state index >= 15 is 0 Å². The van der Waals surface area contributed by atoms with Crippen molar-refractivity contribution in [3.63, 3.8) is 0 Å². The molecule has 1 atom stereocenters. The first kappa shape index (κ1) is 26.1. The normalized spacial score (nSPS) is 19.5. The number of carboxylic acids is 1. The van der Waals surface area contributed by atoms with Gasteiger partial charge in [0.25, 0.3) is 5.91 Å². The Labute approximate surface area is 205 Å². The fourth-order valence-electron chi connectivity index (χ4n) is 4.40. The van der Waals surface area contributed by atoms with Gasteiger partial charge >= 0.3 is 5.97 Å². The van der Waals surface area contributed by atoms with Crippen LogP contribution >= 0.6 is 11.6 Å². The molecule has 0 radical (unpaired) electrons. The van der Waals surface area contributed by atoms with Crippen molar-refractivity contribution in [2.24, 2.45) is 0 Å². The van der Waals surface area contributed by atoms with Gasteiger partial charge in [0.15, 0.2) is 6.10 Å². The average molecular weight is 489 g/mol. The van der Waals surface area contributed by atoms with E-state index in [1.54, 1.807) is 58.9 Å². The molecule has 1 aromatic carbocycles. The summed E-state index contributed by atoms with van der Waals surface area (Å²) in [6.07, 6.45) is 1.11. The number of halogens is 1. The summed E-state index contributed by atoms with van der Waals surface area (Å²) in [4.78, 5) is 30.1. The first-order valence-electron chi connectivity index (χ1n) is 11.5. The van der Waals surface area contributed by atoms with Crippen molar-refractivity contribution in [1.29, 1.82) is 0 Å². The third kappa shape index (κ3) is 6.14. The van der Waals surface area contributed by atoms with Crippen molar-refractivity contribution in [3.05, 3.63) is 51.8 Å². The Bertz CT molecular complexity index is 1050. The number of ether oxygens (including phenoxy) is 1. The Morgan fingerprint density at radius 1 is 1.12 bits per heavy atom. The summed E-state index contributed by atoms with van der Waals surface area (Å²) in [7, 11) is 0. The minimum Gasteiger partial charge on any atom is -0.479 e. The van der Waals surface area contributed by atoms with E-state index in [4.69, 9.17) is 16.3 Å². The molecule has 1 saturated carbocycles. The monoisotopic (exact) mass is 488 g/mol. The number of aromatic nitrogens is 1. The number of amides is 1. The Kier molecular flexibility index (Phi) is 8.01. The lowest BCUT2D eigenvalue weighted by atomic mass is 9.89. The molecule has 0 spiro atoms. The predicted octanol–water partition coefficient (Wildman–Crippen LogP) is 4.99. The van der Waals surface area contributed by atoms with Gasteiger partial charge in [0.2, 0.25) is 0 Å². The molecule has 184 valence electrons. The molecule has 3 N–H and O–H groups in total. The second-order valence-corrected chi connectivity index (χ2v) is 10.3. The van der Waals surface area contributed by atoms with E-state index in [-0.39, 0.29) is 23.7 Å². The van der Waals surface area contributed by atoms with Crippen LogP contribution in [0.4, 0.5) is 0 Å². The Morgan fingerprint density at radius 2 is 1.71 bits per heavy atom. The van der Waals surface area contributed by atoms with Crippen molar-refractivity contribution < 1.29 is 24.5 Å². The predicted molar refractivity (Wildman–Crippen MR) is 131 cm³/mol. The second kappa shape index (κ2) is 10.4. The van der Waals surface area contributed by atoms with Gasteiger partial charge in [-0.1, -0.05) is 23.7 Å². The number of nitrogens with one attached hydrogen (secondary N) is 1. The van der Waals surface area contributed by atoms with Gasteiger partial charge in [0.05, 0.1) is 11.7 Å². The van der Waals surface area contributed by atoms with Crippen LogP contribution in [-0.2, 0) is 9.53 Å². The van der Waals surface area contributed by atoms with Crippen LogP contribution in [0.3, 0.4) is 0 Å². The number of pyridine rings is 1. The van der Waals surface area contributed by atoms with E-state index in [0.29, 0.717) is 53.1 Å². The maximum absolute atomic E-state index is 13.2. The van der Waals surface area contributed by atoms with Gasteiger partial charge in [-0.15, -0.1) is 0 Å². The number of carbonyl (C=O) groups is 2. The lowest BCUT2D eigenvalue weighted by Gasteiger charge is -2.29. The first-order chi connectivity index (χ1) is 15.9. The summed E-state index contributed by atoms with van der Waals surface area (Å²) in [6.45, 7) is 8.86. The number of aliphatic hydroxyl groups is 1. The third-order valence-corrected chi connectivity index (χ3v) is 6.26. The number of carboxylic acid groups (broad SMARTS) is 1. The molecule has 1 aromatic heterocycles. The van der Waals surface area contributed by atoms with Crippen LogP contribution in [0.15, 0.2) is 24.3 Å². The van der Waals surface area contributed by atoms with Crippen molar-refractivity contribution in [1.82, 2.24) is 10.3 Å². The highest BCUT2D eigenvalue weighted by Crippen LogP contribution is 2.38. The number of aryl methyl sites for hydroxylation is 1. The number of benzene rings is 1. The highest BCUT2D eigenvalue weighted by molar-refractivity contribution is 6.30. The van der Waals surface area contributed by atoms with Crippen LogP contribution in [-0.4, -0.2) is 44.8 Å². The number of nitrogens with zero attached hydrogens (tertiary/aromatic N) is 1. The second-order valence-electron chi connectivity index (χ2n) is 9.89. The van der Waals surface area contributed by atoms with E-state index in [9.17, 15) is 19.8 Å². The smallest absolute Gasteiger partial charge is 0.337 e. The molecule has 0 bridgehead atoms. The zero-order chi connectivity index (χ0) is 25.2. The van der Waals surface area contributed by atoms with Gasteiger partial charge in [0, 0.05) is 22.3 Å². The molecule has 7 nitrogen and oxygen atoms in total. The summed E-state index contributed by atoms with van der Waals surface area (Å²) in [6, 6.07) is 7.01. The molecule has 0 saturated heterocycles. The average Bonchev–Trinajstić information content (AvgIpc) is 2.75. The number of aliphatic hydroxyl groups excluding tert-OH is 1. The van der Waals surface area contributed by atoms with Gasteiger partial charge in [0.1, 0.15) is 5.69 Å². The van der Waals surface area contributed by atoms with Crippen LogP contribution in [0.5, 0.6) is 0 Å². The maximum atomic E-state index is 13.2. The topological polar surface area (TPSA) is 109 Å². The molecule has 3 rings (SSSR count). The standard InChI is InChI=1S/C26H33ClN2O5/c1-14-20(16-6-8-17(27)9-7-16)21(23(25(32)33)34-26(3,4)5)15(2)28-22(14)24(31)29-18-10-12-19(30)13-11-18/h6-9,18-19,23,30H,10-13H2,1-5H3,(H,29,31)(H,32,33)/t18?,19?,23-/m0/s1. The van der Waals surface area contributed by atoms with Crippen LogP contribution in [0, 0.1) is 13.8 Å². The third-order valence-electron chi connectivity index (χ3n) is 6.01. The first-order valence-corrected chi connectivity index (χ1v) is 11.9. The van der Waals surface area contributed by atoms with Crippen LogP contribution in [0.1, 0.15) is 79.9 Å². The molecule has 34 heavy (non-hydrogen) atoms. The van der Waals surface area contributed by atoms with E-state index in [2.05, 4.69) is 10.3 Å². The maximum Gasteiger partial charge on any atom is 0.337 e. The lowest BCUT2D eigenvalue weighted by molar-refractivity contribution is -0.160. The van der Waals surface area contributed by atoms with Crippen molar-refractivity contribution in [2.45, 2.75) is 84.2 Å². The molecule has 0 unspecified atom stereocenters. The van der Waals surface area contributed by atoms with E-state index in [0.717, 1.165) is 5.56 Å². The van der Waals surface area contributed by atoms with Crippen LogP contribution in [0.2, 0.25) is 5.02 Å². The van der Waals surface area contributed by atoms with Crippen LogP contribution in [0.25, 0.3) is 11.1 Å². The number of rotatable bonds is 6. The molecule has 1 fully saturated rings. The Morgan fingerprint density at radius 3 is 2.24 bits per heavy atom. The van der Waals surface area contributed by atoms with E-state index < -0.39 is 17.7 Å². The molecule has 0 aliphatic heterocycles. The molecular formula is C26H33ClN2O5. The molecule has 1 amide bonds. The van der Waals surface area contributed by atoms with Gasteiger partial charge < -0.3 is 20.3 Å². The number of hydrogen-bond donors (Lipinski definition) is 3. The van der Waals surface area contributed by atoms with Crippen molar-refractivity contribution in [2.75, 3.05) is 0 Å². The summed E-state index contributed by atoms with van der Waals surface area (Å²) in [5.74, 6) is -1.44. The van der Waals surface area contributed by atoms with E-state index in [1.807, 2.05) is 0 Å². The highest BCUT2D eigenvalue weighted by atomic mass is 35.5. The van der Waals surface area contributed by atoms with Gasteiger partial charge in [-0.05, 0) is 89.1 Å². The molecule has 1 aliphatic carbocycles. The Balaban J connectivity index is 2.13. The molecule has 1 heterocycles. The Hall–Kier alpha value is -2.48. The SMILES string of the molecule is Cc1nc(C(=O)NC2CCC(O)CC2)c(C)c(-c2ccc(Cl)cc2)c1[C@H](OC(C)(C)C)C(=O)O. The summed E-state index contributed by atoms with van der Waals surface area (Å²) in [5.41, 5.74) is 2.25. The molecule has 1 aliphatic rings. The molecule has 2 aromatic rings. The molecule has 8 heteroatoms. The minimum absolute atomic E-state index is 0.0351. The van der Waals surface area contributed by atoms with Crippen molar-refractivity contribution in [3.8, 4) is 11.1 Å². The number of carbonyl (C=O) groups excluding carboxylic acids is 1. The zero-order valence-corrected chi connectivity index (χ0v) is 21.1. The quantitative estimate of drug-likeness (QED) is 0.528.